The van der Waals surface area contributed by atoms with Crippen molar-refractivity contribution in [2.75, 3.05) is 7.11 Å². The summed E-state index contributed by atoms with van der Waals surface area (Å²) < 4.78 is 10.8. The third-order valence-corrected chi connectivity index (χ3v) is 7.91. The van der Waals surface area contributed by atoms with Crippen molar-refractivity contribution in [2.24, 2.45) is 0 Å². The van der Waals surface area contributed by atoms with Gasteiger partial charge in [0.25, 0.3) is 0 Å². The Hall–Kier alpha value is -5.45. The minimum Gasteiger partial charge on any atom is -0.496 e. The molecule has 48 heavy (non-hydrogen) atoms. The van der Waals surface area contributed by atoms with Gasteiger partial charge in [0.15, 0.2) is 0 Å². The topological polar surface area (TPSA) is 151 Å². The monoisotopic (exact) mass is 654 g/mol. The number of nitrogens with one attached hydrogen (secondary N) is 2. The highest BCUT2D eigenvalue weighted by molar-refractivity contribution is 5.91. The maximum atomic E-state index is 14.7. The number of aromatic amines is 1. The summed E-state index contributed by atoms with van der Waals surface area (Å²) in [4.78, 5) is 61.0. The predicted octanol–water partition coefficient (Wildman–Crippen LogP) is 6.44. The van der Waals surface area contributed by atoms with E-state index in [-0.39, 0.29) is 24.3 Å². The second-order valence-corrected chi connectivity index (χ2v) is 12.7. The van der Waals surface area contributed by atoms with E-state index in [0.717, 1.165) is 28.5 Å². The first-order valence-electron chi connectivity index (χ1n) is 15.6. The molecule has 3 aromatic carbocycles. The van der Waals surface area contributed by atoms with Gasteiger partial charge in [-0.1, -0.05) is 36.4 Å². The summed E-state index contributed by atoms with van der Waals surface area (Å²) in [5, 5.41) is 12.6. The largest absolute Gasteiger partial charge is 0.496 e. The smallest absolute Gasteiger partial charge is 0.408 e. The van der Waals surface area contributed by atoms with Crippen LogP contribution in [0.3, 0.4) is 0 Å². The molecule has 0 aliphatic heterocycles. The molecule has 2 atom stereocenters. The number of amides is 2. The highest BCUT2D eigenvalue weighted by Crippen LogP contribution is 2.28. The molecule has 0 bridgehead atoms. The number of aryl methyl sites for hydroxylation is 2. The summed E-state index contributed by atoms with van der Waals surface area (Å²) in [6.45, 7) is 10.7. The molecule has 3 N–H and O–H groups in total. The van der Waals surface area contributed by atoms with Gasteiger partial charge in [-0.05, 0) is 88.1 Å². The number of benzene rings is 3. The Balaban J connectivity index is 1.79. The van der Waals surface area contributed by atoms with Crippen LogP contribution >= 0.6 is 0 Å². The summed E-state index contributed by atoms with van der Waals surface area (Å²) in [6, 6.07) is 16.0. The number of H-pyrrole nitrogens is 1. The minimum absolute atomic E-state index is 0.0137. The Labute approximate surface area is 280 Å². The van der Waals surface area contributed by atoms with Gasteiger partial charge in [-0.25, -0.2) is 14.6 Å². The highest BCUT2D eigenvalue weighted by atomic mass is 16.6. The molecule has 0 spiro atoms. The van der Waals surface area contributed by atoms with Gasteiger partial charge in [0, 0.05) is 30.3 Å². The Morgan fingerprint density at radius 2 is 1.71 bits per heavy atom. The van der Waals surface area contributed by atoms with Gasteiger partial charge in [-0.3, -0.25) is 9.59 Å². The van der Waals surface area contributed by atoms with Crippen molar-refractivity contribution in [1.29, 1.82) is 0 Å². The van der Waals surface area contributed by atoms with Crippen molar-refractivity contribution >= 4 is 24.3 Å². The van der Waals surface area contributed by atoms with Crippen molar-refractivity contribution in [3.05, 3.63) is 106 Å². The molecule has 0 saturated carbocycles. The van der Waals surface area contributed by atoms with E-state index in [1.165, 1.54) is 13.2 Å². The molecule has 4 aromatic rings. The average molecular weight is 655 g/mol. The molecule has 0 aliphatic rings. The van der Waals surface area contributed by atoms with Crippen LogP contribution in [0.1, 0.15) is 82.5 Å². The van der Waals surface area contributed by atoms with E-state index in [1.54, 1.807) is 56.1 Å². The number of methoxy groups -OCH3 is 1. The number of carbonyl (C=O) groups is 4. The average Bonchev–Trinajstić information content (AvgIpc) is 3.54. The Kier molecular flexibility index (Phi) is 11.0. The third-order valence-electron chi connectivity index (χ3n) is 7.91. The van der Waals surface area contributed by atoms with Crippen molar-refractivity contribution in [3.8, 4) is 17.0 Å². The molecule has 0 saturated heterocycles. The van der Waals surface area contributed by atoms with E-state index in [9.17, 15) is 24.3 Å². The van der Waals surface area contributed by atoms with Crippen LogP contribution in [0.2, 0.25) is 0 Å². The van der Waals surface area contributed by atoms with Gasteiger partial charge in [0.05, 0.1) is 18.8 Å². The van der Waals surface area contributed by atoms with Crippen molar-refractivity contribution in [1.82, 2.24) is 20.2 Å². The van der Waals surface area contributed by atoms with Crippen LogP contribution < -0.4 is 10.1 Å². The van der Waals surface area contributed by atoms with Crippen LogP contribution in [0, 0.1) is 13.8 Å². The van der Waals surface area contributed by atoms with Crippen LogP contribution in [0.25, 0.3) is 11.3 Å². The summed E-state index contributed by atoms with van der Waals surface area (Å²) >= 11 is 0. The second kappa shape index (κ2) is 15.0. The van der Waals surface area contributed by atoms with E-state index in [4.69, 9.17) is 14.5 Å². The standard InChI is InChI=1S/C37H42N4O7/c1-22-15-26(21-42)16-23(2)28(22)18-30(40-36(46)48-37(4,5)6)34(43)41(20-25-13-14-32(47-7)29(17-25)35(44)45)24(3)33-38-19-31(39-33)27-11-9-8-10-12-27/h8-17,19,21,24,30H,18,20H2,1-7H3,(H,38,39)(H,40,46)(H,44,45). The lowest BCUT2D eigenvalue weighted by Gasteiger charge is -2.33. The summed E-state index contributed by atoms with van der Waals surface area (Å²) in [7, 11) is 1.39. The van der Waals surface area contributed by atoms with Crippen molar-refractivity contribution in [2.45, 2.75) is 72.2 Å². The third kappa shape index (κ3) is 8.67. The zero-order valence-electron chi connectivity index (χ0n) is 28.3. The fourth-order valence-electron chi connectivity index (χ4n) is 5.55. The van der Waals surface area contributed by atoms with Gasteiger partial charge < -0.3 is 29.8 Å². The second-order valence-electron chi connectivity index (χ2n) is 12.7. The minimum atomic E-state index is -1.17. The van der Waals surface area contributed by atoms with E-state index >= 15 is 0 Å². The number of hydrogen-bond acceptors (Lipinski definition) is 7. The Morgan fingerprint density at radius 1 is 1.04 bits per heavy atom. The molecule has 2 unspecified atom stereocenters. The Bertz CT molecular complexity index is 1770. The molecule has 2 amide bonds. The van der Waals surface area contributed by atoms with Gasteiger partial charge >= 0.3 is 12.1 Å². The summed E-state index contributed by atoms with van der Waals surface area (Å²) in [5.74, 6) is -0.942. The number of aromatic nitrogens is 2. The first-order valence-corrected chi connectivity index (χ1v) is 15.6. The van der Waals surface area contributed by atoms with Crippen molar-refractivity contribution < 1.29 is 33.8 Å². The van der Waals surface area contributed by atoms with Gasteiger partial charge in [-0.15, -0.1) is 0 Å². The molecule has 11 heteroatoms. The maximum absolute atomic E-state index is 14.7. The van der Waals surface area contributed by atoms with Crippen LogP contribution in [0.15, 0.2) is 66.9 Å². The lowest BCUT2D eigenvalue weighted by Crippen LogP contribution is -2.51. The fourth-order valence-corrected chi connectivity index (χ4v) is 5.55. The number of carboxylic acid groups (broad SMARTS) is 1. The SMILES string of the molecule is COc1ccc(CN(C(=O)C(Cc2c(C)cc(C=O)cc2C)NC(=O)OC(C)(C)C)C(C)c2nc(-c3ccccc3)c[nH]2)cc1C(=O)O. The molecule has 252 valence electrons. The number of hydrogen-bond donors (Lipinski definition) is 3. The van der Waals surface area contributed by atoms with E-state index in [2.05, 4.69) is 10.3 Å². The molecule has 1 heterocycles. The zero-order chi connectivity index (χ0) is 35.2. The summed E-state index contributed by atoms with van der Waals surface area (Å²) in [5.41, 5.74) is 4.12. The fraction of sp³-hybridized carbons (Fsp3) is 0.324. The van der Waals surface area contributed by atoms with Crippen LogP contribution in [0.5, 0.6) is 5.75 Å². The van der Waals surface area contributed by atoms with Crippen LogP contribution in [-0.2, 0) is 22.5 Å². The maximum Gasteiger partial charge on any atom is 0.408 e. The lowest BCUT2D eigenvalue weighted by atomic mass is 9.93. The highest BCUT2D eigenvalue weighted by Gasteiger charge is 2.33. The molecule has 0 fully saturated rings. The van der Waals surface area contributed by atoms with Crippen molar-refractivity contribution in [3.63, 3.8) is 0 Å². The number of ether oxygens (including phenoxy) is 2. The molecular weight excluding hydrogens is 612 g/mol. The zero-order valence-corrected chi connectivity index (χ0v) is 28.3. The molecule has 0 aliphatic carbocycles. The van der Waals surface area contributed by atoms with E-state index < -0.39 is 35.7 Å². The number of carbonyl (C=O) groups excluding carboxylic acids is 3. The van der Waals surface area contributed by atoms with Gasteiger partial charge in [0.2, 0.25) is 5.91 Å². The van der Waals surface area contributed by atoms with E-state index in [1.807, 2.05) is 51.1 Å². The molecule has 1 aromatic heterocycles. The van der Waals surface area contributed by atoms with Crippen LogP contribution in [-0.4, -0.2) is 63.0 Å². The number of alkyl carbamates (subject to hydrolysis) is 1. The number of rotatable bonds is 12. The lowest BCUT2D eigenvalue weighted by molar-refractivity contribution is -0.136. The predicted molar refractivity (Wildman–Crippen MR) is 181 cm³/mol. The molecule has 4 rings (SSSR count). The van der Waals surface area contributed by atoms with Gasteiger partial charge in [0.1, 0.15) is 35.1 Å². The molecular formula is C37H42N4O7. The normalized spacial score (nSPS) is 12.5. The number of aldehydes is 1. The van der Waals surface area contributed by atoms with Gasteiger partial charge in [-0.2, -0.15) is 0 Å². The number of carboxylic acids is 1. The Morgan fingerprint density at radius 3 is 2.29 bits per heavy atom. The number of nitrogens with zero attached hydrogens (tertiary/aromatic N) is 2. The molecule has 0 radical (unpaired) electrons. The number of imidazole rings is 1. The summed E-state index contributed by atoms with van der Waals surface area (Å²) in [6.07, 6.45) is 1.86. The first-order chi connectivity index (χ1) is 22.7. The van der Waals surface area contributed by atoms with E-state index in [0.29, 0.717) is 22.6 Å². The molecule has 11 nitrogen and oxygen atoms in total. The number of aromatic carboxylic acids is 1. The van der Waals surface area contributed by atoms with Crippen LogP contribution in [0.4, 0.5) is 4.79 Å². The first kappa shape index (κ1) is 35.4. The quantitative estimate of drug-likeness (QED) is 0.148.